The molecule has 5 heteroatoms. The maximum atomic E-state index is 6.09. The Labute approximate surface area is 132 Å². The minimum atomic E-state index is 0.537. The van der Waals surface area contributed by atoms with E-state index in [0.29, 0.717) is 17.0 Å². The zero-order chi connectivity index (χ0) is 14.7. The lowest BCUT2D eigenvalue weighted by Crippen LogP contribution is -2.35. The largest absolute Gasteiger partial charge is 0.370 e. The van der Waals surface area contributed by atoms with Crippen LogP contribution in [-0.4, -0.2) is 41.0 Å². The first kappa shape index (κ1) is 15.0. The summed E-state index contributed by atoms with van der Waals surface area (Å²) in [6.45, 7) is 6.92. The standard InChI is InChI=1S/C16H25ClN4/c1-12(11-21-7-3-2-4-8-21)10-18-15-9-14(17)19-16(20-15)13-5-6-13/h9,12-13H,2-8,10-11H2,1H3,(H,18,19,20). The van der Waals surface area contributed by atoms with Crippen molar-refractivity contribution in [3.8, 4) is 0 Å². The van der Waals surface area contributed by atoms with Gasteiger partial charge in [-0.3, -0.25) is 0 Å². The number of halogens is 1. The molecule has 1 N–H and O–H groups in total. The number of hydrogen-bond donors (Lipinski definition) is 1. The van der Waals surface area contributed by atoms with Gasteiger partial charge in [-0.15, -0.1) is 0 Å². The fraction of sp³-hybridized carbons (Fsp3) is 0.750. The molecule has 1 aromatic rings. The second-order valence-corrected chi connectivity index (χ2v) is 6.94. The molecule has 1 saturated heterocycles. The number of nitrogens with zero attached hydrogens (tertiary/aromatic N) is 3. The maximum Gasteiger partial charge on any atom is 0.135 e. The highest BCUT2D eigenvalue weighted by atomic mass is 35.5. The molecule has 0 aromatic carbocycles. The molecule has 0 spiro atoms. The Kier molecular flexibility index (Phi) is 4.96. The first-order chi connectivity index (χ1) is 10.2. The summed E-state index contributed by atoms with van der Waals surface area (Å²) in [5.41, 5.74) is 0. The number of anilines is 1. The lowest BCUT2D eigenvalue weighted by atomic mass is 10.1. The van der Waals surface area contributed by atoms with Crippen molar-refractivity contribution in [1.82, 2.24) is 14.9 Å². The molecule has 4 nitrogen and oxygen atoms in total. The van der Waals surface area contributed by atoms with Crippen LogP contribution in [0.15, 0.2) is 6.07 Å². The van der Waals surface area contributed by atoms with Gasteiger partial charge in [0.15, 0.2) is 0 Å². The van der Waals surface area contributed by atoms with Crippen LogP contribution in [0.25, 0.3) is 0 Å². The lowest BCUT2D eigenvalue weighted by Gasteiger charge is -2.29. The summed E-state index contributed by atoms with van der Waals surface area (Å²) >= 11 is 6.09. The van der Waals surface area contributed by atoms with E-state index in [1.165, 1.54) is 51.7 Å². The third-order valence-electron chi connectivity index (χ3n) is 4.30. The normalized spacial score (nSPS) is 21.2. The van der Waals surface area contributed by atoms with Gasteiger partial charge in [-0.1, -0.05) is 24.9 Å². The summed E-state index contributed by atoms with van der Waals surface area (Å²) in [7, 11) is 0. The summed E-state index contributed by atoms with van der Waals surface area (Å²) in [6, 6.07) is 1.83. The van der Waals surface area contributed by atoms with Crippen LogP contribution < -0.4 is 5.32 Å². The van der Waals surface area contributed by atoms with E-state index in [9.17, 15) is 0 Å². The van der Waals surface area contributed by atoms with Crippen molar-refractivity contribution in [2.45, 2.75) is 44.9 Å². The summed E-state index contributed by atoms with van der Waals surface area (Å²) in [5.74, 6) is 2.94. The zero-order valence-corrected chi connectivity index (χ0v) is 13.6. The second kappa shape index (κ2) is 6.93. The summed E-state index contributed by atoms with van der Waals surface area (Å²) in [5, 5.41) is 3.99. The molecule has 1 aliphatic carbocycles. The Morgan fingerprint density at radius 3 is 2.76 bits per heavy atom. The smallest absolute Gasteiger partial charge is 0.135 e. The van der Waals surface area contributed by atoms with Crippen molar-refractivity contribution < 1.29 is 0 Å². The SMILES string of the molecule is CC(CNc1cc(Cl)nc(C2CC2)n1)CN1CCCCC1. The molecule has 0 amide bonds. The van der Waals surface area contributed by atoms with E-state index in [4.69, 9.17) is 11.6 Å². The summed E-state index contributed by atoms with van der Waals surface area (Å²) < 4.78 is 0. The van der Waals surface area contributed by atoms with Gasteiger partial charge in [0.25, 0.3) is 0 Å². The van der Waals surface area contributed by atoms with Crippen molar-refractivity contribution in [1.29, 1.82) is 0 Å². The van der Waals surface area contributed by atoms with Crippen LogP contribution >= 0.6 is 11.6 Å². The molecule has 1 unspecified atom stereocenters. The molecule has 2 heterocycles. The van der Waals surface area contributed by atoms with Crippen molar-refractivity contribution in [2.24, 2.45) is 5.92 Å². The number of likely N-dealkylation sites (tertiary alicyclic amines) is 1. The van der Waals surface area contributed by atoms with Crippen LogP contribution in [0.3, 0.4) is 0 Å². The van der Waals surface area contributed by atoms with E-state index >= 15 is 0 Å². The van der Waals surface area contributed by atoms with Crippen LogP contribution in [0.5, 0.6) is 0 Å². The van der Waals surface area contributed by atoms with E-state index in [1.807, 2.05) is 6.07 Å². The van der Waals surface area contributed by atoms with E-state index in [1.54, 1.807) is 0 Å². The van der Waals surface area contributed by atoms with E-state index in [-0.39, 0.29) is 0 Å². The van der Waals surface area contributed by atoms with Gasteiger partial charge in [-0.05, 0) is 44.7 Å². The molecule has 2 aliphatic rings. The molecule has 1 saturated carbocycles. The first-order valence-electron chi connectivity index (χ1n) is 8.21. The van der Waals surface area contributed by atoms with Gasteiger partial charge in [0.2, 0.25) is 0 Å². The predicted octanol–water partition coefficient (Wildman–Crippen LogP) is 3.54. The van der Waals surface area contributed by atoms with Gasteiger partial charge in [0, 0.05) is 25.1 Å². The molecule has 1 atom stereocenters. The minimum absolute atomic E-state index is 0.537. The van der Waals surface area contributed by atoms with E-state index in [2.05, 4.69) is 27.1 Å². The van der Waals surface area contributed by atoms with Crippen LogP contribution in [0, 0.1) is 5.92 Å². The number of rotatable bonds is 6. The number of piperidine rings is 1. The van der Waals surface area contributed by atoms with Gasteiger partial charge in [-0.25, -0.2) is 9.97 Å². The third kappa shape index (κ3) is 4.55. The molecular formula is C16H25ClN4. The zero-order valence-electron chi connectivity index (χ0n) is 12.8. The molecule has 116 valence electrons. The first-order valence-corrected chi connectivity index (χ1v) is 8.59. The fourth-order valence-corrected chi connectivity index (χ4v) is 3.17. The topological polar surface area (TPSA) is 41.1 Å². The molecule has 2 fully saturated rings. The maximum absolute atomic E-state index is 6.09. The average molecular weight is 309 g/mol. The molecule has 0 bridgehead atoms. The van der Waals surface area contributed by atoms with E-state index < -0.39 is 0 Å². The van der Waals surface area contributed by atoms with Crippen LogP contribution in [0.1, 0.15) is 50.8 Å². The molecule has 1 aromatic heterocycles. The number of hydrogen-bond acceptors (Lipinski definition) is 4. The van der Waals surface area contributed by atoms with E-state index in [0.717, 1.165) is 18.2 Å². The number of nitrogens with one attached hydrogen (secondary N) is 1. The van der Waals surface area contributed by atoms with Gasteiger partial charge < -0.3 is 10.2 Å². The molecule has 1 aliphatic heterocycles. The highest BCUT2D eigenvalue weighted by Gasteiger charge is 2.27. The molecule has 21 heavy (non-hydrogen) atoms. The van der Waals surface area contributed by atoms with Crippen molar-refractivity contribution in [2.75, 3.05) is 31.5 Å². The molecular weight excluding hydrogens is 284 g/mol. The Balaban J connectivity index is 1.49. The summed E-state index contributed by atoms with van der Waals surface area (Å²) in [6.07, 6.45) is 6.50. The Bertz CT molecular complexity index is 469. The van der Waals surface area contributed by atoms with Crippen LogP contribution in [-0.2, 0) is 0 Å². The van der Waals surface area contributed by atoms with Gasteiger partial charge in [0.05, 0.1) is 0 Å². The lowest BCUT2D eigenvalue weighted by molar-refractivity contribution is 0.204. The average Bonchev–Trinajstić information content (AvgIpc) is 3.30. The van der Waals surface area contributed by atoms with Gasteiger partial charge in [0.1, 0.15) is 16.8 Å². The van der Waals surface area contributed by atoms with Crippen LogP contribution in [0.2, 0.25) is 5.15 Å². The van der Waals surface area contributed by atoms with Crippen molar-refractivity contribution >= 4 is 17.4 Å². The highest BCUT2D eigenvalue weighted by molar-refractivity contribution is 6.29. The van der Waals surface area contributed by atoms with Crippen molar-refractivity contribution in [3.63, 3.8) is 0 Å². The molecule has 3 rings (SSSR count). The summed E-state index contributed by atoms with van der Waals surface area (Å²) in [4.78, 5) is 11.5. The Morgan fingerprint density at radius 2 is 2.05 bits per heavy atom. The monoisotopic (exact) mass is 308 g/mol. The number of aromatic nitrogens is 2. The Morgan fingerprint density at radius 1 is 1.29 bits per heavy atom. The predicted molar refractivity (Wildman–Crippen MR) is 87.0 cm³/mol. The third-order valence-corrected chi connectivity index (χ3v) is 4.50. The minimum Gasteiger partial charge on any atom is -0.370 e. The fourth-order valence-electron chi connectivity index (χ4n) is 2.98. The van der Waals surface area contributed by atoms with Crippen molar-refractivity contribution in [3.05, 3.63) is 17.0 Å². The van der Waals surface area contributed by atoms with Gasteiger partial charge in [-0.2, -0.15) is 0 Å². The van der Waals surface area contributed by atoms with Gasteiger partial charge >= 0.3 is 0 Å². The Hall–Kier alpha value is -0.870. The highest BCUT2D eigenvalue weighted by Crippen LogP contribution is 2.38. The quantitative estimate of drug-likeness (QED) is 0.816. The second-order valence-electron chi connectivity index (χ2n) is 6.56. The van der Waals surface area contributed by atoms with Crippen LogP contribution in [0.4, 0.5) is 5.82 Å². The molecule has 0 radical (unpaired) electrons.